The van der Waals surface area contributed by atoms with Gasteiger partial charge in [-0.3, -0.25) is 9.59 Å². The monoisotopic (exact) mass is 415 g/mol. The summed E-state index contributed by atoms with van der Waals surface area (Å²) in [5.41, 5.74) is 3.18. The summed E-state index contributed by atoms with van der Waals surface area (Å²) in [6.07, 6.45) is -0.931. The fourth-order valence-electron chi connectivity index (χ4n) is 2.69. The molecule has 126 valence electrons. The van der Waals surface area contributed by atoms with E-state index in [-0.39, 0.29) is 5.78 Å². The van der Waals surface area contributed by atoms with Gasteiger partial charge in [0.2, 0.25) is 6.10 Å². The lowest BCUT2D eigenvalue weighted by atomic mass is 9.97. The molecule has 0 saturated heterocycles. The summed E-state index contributed by atoms with van der Waals surface area (Å²) in [4.78, 5) is 24.3. The molecule has 3 rings (SSSR count). The van der Waals surface area contributed by atoms with Gasteiger partial charge in [-0.2, -0.15) is 5.26 Å². The number of esters is 1. The maximum Gasteiger partial charge on any atom is 0.303 e. The minimum atomic E-state index is -0.931. The van der Waals surface area contributed by atoms with Crippen LogP contribution in [0.15, 0.2) is 47.4 Å². The molecule has 0 aromatic heterocycles. The number of hydrogen-bond acceptors (Lipinski definition) is 5. The van der Waals surface area contributed by atoms with Crippen molar-refractivity contribution in [2.24, 2.45) is 0 Å². The van der Waals surface area contributed by atoms with E-state index in [4.69, 9.17) is 4.74 Å². The van der Waals surface area contributed by atoms with Crippen molar-refractivity contribution in [1.29, 1.82) is 5.26 Å². The number of carbonyl (C=O) groups excluding carboxylic acids is 2. The fourth-order valence-corrected chi connectivity index (χ4v) is 4.30. The normalized spacial score (nSPS) is 15.2. The molecule has 0 saturated carbocycles. The zero-order chi connectivity index (χ0) is 18.0. The predicted molar refractivity (Wildman–Crippen MR) is 98.7 cm³/mol. The molecule has 0 bridgehead atoms. The van der Waals surface area contributed by atoms with Gasteiger partial charge in [-0.15, -0.1) is 11.8 Å². The van der Waals surface area contributed by atoms with Gasteiger partial charge in [0.05, 0.1) is 4.83 Å². The Hall–Kier alpha value is -2.10. The van der Waals surface area contributed by atoms with Gasteiger partial charge >= 0.3 is 5.97 Å². The smallest absolute Gasteiger partial charge is 0.303 e. The van der Waals surface area contributed by atoms with Crippen LogP contribution in [0.3, 0.4) is 0 Å². The van der Waals surface area contributed by atoms with Gasteiger partial charge in [0, 0.05) is 28.7 Å². The molecule has 6 heteroatoms. The van der Waals surface area contributed by atoms with Crippen molar-refractivity contribution < 1.29 is 14.3 Å². The van der Waals surface area contributed by atoms with E-state index in [0.29, 0.717) is 11.3 Å². The van der Waals surface area contributed by atoms with Crippen molar-refractivity contribution in [3.8, 4) is 6.07 Å². The highest BCUT2D eigenvalue weighted by molar-refractivity contribution is 9.09. The van der Waals surface area contributed by atoms with E-state index in [0.717, 1.165) is 21.6 Å². The van der Waals surface area contributed by atoms with E-state index >= 15 is 0 Å². The molecule has 0 fully saturated rings. The molecule has 2 atom stereocenters. The number of ether oxygens (including phenoxy) is 1. The van der Waals surface area contributed by atoms with Crippen LogP contribution in [0, 0.1) is 11.3 Å². The molecular formula is C19H14BrNO3S. The number of hydrogen-bond donors (Lipinski definition) is 0. The molecule has 1 heterocycles. The van der Waals surface area contributed by atoms with Crippen molar-refractivity contribution in [3.63, 3.8) is 0 Å². The van der Waals surface area contributed by atoms with Crippen molar-refractivity contribution in [3.05, 3.63) is 64.7 Å². The second-order valence-corrected chi connectivity index (χ2v) is 7.60. The van der Waals surface area contributed by atoms with Crippen LogP contribution in [0.1, 0.15) is 38.8 Å². The van der Waals surface area contributed by atoms with Crippen LogP contribution in [0.5, 0.6) is 0 Å². The number of benzene rings is 2. The third kappa shape index (κ3) is 3.63. The van der Waals surface area contributed by atoms with Crippen LogP contribution in [-0.4, -0.2) is 17.9 Å². The van der Waals surface area contributed by atoms with Gasteiger partial charge < -0.3 is 4.74 Å². The molecule has 2 unspecified atom stereocenters. The summed E-state index contributed by atoms with van der Waals surface area (Å²) in [7, 11) is 0. The van der Waals surface area contributed by atoms with Crippen LogP contribution in [-0.2, 0) is 15.3 Å². The third-order valence-corrected chi connectivity index (χ3v) is 6.01. The zero-order valence-electron chi connectivity index (χ0n) is 13.4. The highest BCUT2D eigenvalue weighted by atomic mass is 79.9. The summed E-state index contributed by atoms with van der Waals surface area (Å²) < 4.78 is 5.04. The number of fused-ring (bicyclic) bond motifs is 2. The molecule has 2 aromatic carbocycles. The molecule has 0 N–H and O–H groups in total. The summed E-state index contributed by atoms with van der Waals surface area (Å²) in [5, 5.41) is 9.23. The average molecular weight is 416 g/mol. The van der Waals surface area contributed by atoms with Crippen molar-refractivity contribution >= 4 is 39.4 Å². The molecule has 1 aliphatic heterocycles. The Bertz CT molecular complexity index is 890. The summed E-state index contributed by atoms with van der Waals surface area (Å²) in [6, 6.07) is 15.0. The average Bonchev–Trinajstić information content (AvgIpc) is 2.76. The summed E-state index contributed by atoms with van der Waals surface area (Å²) in [6.45, 7) is 1.27. The summed E-state index contributed by atoms with van der Waals surface area (Å²) in [5.74, 6) is 0.201. The van der Waals surface area contributed by atoms with Crippen LogP contribution in [0.4, 0.5) is 0 Å². The Morgan fingerprint density at radius 2 is 2.04 bits per heavy atom. The van der Waals surface area contributed by atoms with E-state index in [2.05, 4.69) is 15.9 Å². The van der Waals surface area contributed by atoms with E-state index in [1.807, 2.05) is 36.4 Å². The standard InChI is InChI=1S/C19H14BrNO3S/c1-11(22)24-16(9-21)18(20)12-6-7-15-17(8-12)25-10-13-4-2-3-5-14(13)19(15)23/h2-8,16,18H,10H2,1H3. The van der Waals surface area contributed by atoms with Gasteiger partial charge in [0.25, 0.3) is 0 Å². The molecule has 0 aliphatic carbocycles. The third-order valence-electron chi connectivity index (χ3n) is 3.90. The highest BCUT2D eigenvalue weighted by Gasteiger charge is 2.26. The maximum atomic E-state index is 12.8. The maximum absolute atomic E-state index is 12.8. The number of thioether (sulfide) groups is 1. The number of nitrogens with zero attached hydrogens (tertiary/aromatic N) is 1. The Morgan fingerprint density at radius 1 is 1.28 bits per heavy atom. The van der Waals surface area contributed by atoms with Gasteiger partial charge in [0.1, 0.15) is 6.07 Å². The van der Waals surface area contributed by atoms with Crippen molar-refractivity contribution in [2.75, 3.05) is 0 Å². The second kappa shape index (κ2) is 7.42. The number of alkyl halides is 1. The highest BCUT2D eigenvalue weighted by Crippen LogP contribution is 2.37. The first-order chi connectivity index (χ1) is 12.0. The molecule has 4 nitrogen and oxygen atoms in total. The van der Waals surface area contributed by atoms with E-state index in [1.165, 1.54) is 6.92 Å². The van der Waals surface area contributed by atoms with E-state index in [1.54, 1.807) is 23.9 Å². The van der Waals surface area contributed by atoms with E-state index in [9.17, 15) is 14.9 Å². The lowest BCUT2D eigenvalue weighted by Gasteiger charge is -2.17. The molecule has 25 heavy (non-hydrogen) atoms. The molecule has 0 amide bonds. The first-order valence-corrected chi connectivity index (χ1v) is 9.51. The Labute approximate surface area is 158 Å². The first kappa shape index (κ1) is 17.7. The largest absolute Gasteiger partial charge is 0.446 e. The van der Waals surface area contributed by atoms with Crippen LogP contribution in [0.25, 0.3) is 0 Å². The van der Waals surface area contributed by atoms with Gasteiger partial charge in [-0.1, -0.05) is 46.3 Å². The van der Waals surface area contributed by atoms with E-state index < -0.39 is 16.9 Å². The zero-order valence-corrected chi connectivity index (χ0v) is 15.8. The first-order valence-electron chi connectivity index (χ1n) is 7.61. The molecule has 0 spiro atoms. The summed E-state index contributed by atoms with van der Waals surface area (Å²) >= 11 is 5.03. The quantitative estimate of drug-likeness (QED) is 0.548. The fraction of sp³-hybridized carbons (Fsp3) is 0.211. The van der Waals surface area contributed by atoms with Crippen LogP contribution < -0.4 is 0 Å². The van der Waals surface area contributed by atoms with Gasteiger partial charge in [-0.25, -0.2) is 0 Å². The molecule has 2 aromatic rings. The lowest BCUT2D eigenvalue weighted by Crippen LogP contribution is -2.19. The molecular weight excluding hydrogens is 402 g/mol. The molecule has 1 aliphatic rings. The molecule has 0 radical (unpaired) electrons. The Balaban J connectivity index is 1.95. The van der Waals surface area contributed by atoms with Crippen molar-refractivity contribution in [2.45, 2.75) is 28.5 Å². The predicted octanol–water partition coefficient (Wildman–Crippen LogP) is 4.41. The topological polar surface area (TPSA) is 67.2 Å². The van der Waals surface area contributed by atoms with Crippen LogP contribution in [0.2, 0.25) is 0 Å². The minimum absolute atomic E-state index is 0.00471. The Morgan fingerprint density at radius 3 is 2.76 bits per heavy atom. The minimum Gasteiger partial charge on any atom is -0.446 e. The second-order valence-electron chi connectivity index (χ2n) is 5.59. The number of nitriles is 1. The number of halogens is 1. The van der Waals surface area contributed by atoms with Crippen molar-refractivity contribution in [1.82, 2.24) is 0 Å². The lowest BCUT2D eigenvalue weighted by molar-refractivity contribution is -0.143. The SMILES string of the molecule is CC(=O)OC(C#N)C(Br)c1ccc2c(c1)SCc1ccccc1C2=O. The van der Waals surface area contributed by atoms with Gasteiger partial charge in [-0.05, 0) is 23.3 Å². The van der Waals surface area contributed by atoms with Gasteiger partial charge in [0.15, 0.2) is 5.78 Å². The number of rotatable bonds is 3. The number of ketones is 1. The Kier molecular flexibility index (Phi) is 5.26. The van der Waals surface area contributed by atoms with Crippen LogP contribution >= 0.6 is 27.7 Å². The number of carbonyl (C=O) groups is 2.